The standard InChI is InChI=1S/C20H22N6O/c21-19-16-8-4-5-9-17(16)23-18(24-19)14-25-10-12-26(13-11-25)20(27)22-15-6-2-1-3-7-15/h1-9H,10-14H2,(H,22,27)(H2,21,23,24). The highest BCUT2D eigenvalue weighted by atomic mass is 16.2. The van der Waals surface area contributed by atoms with Crippen LogP contribution in [0.1, 0.15) is 5.82 Å². The number of urea groups is 1. The van der Waals surface area contributed by atoms with Crippen molar-refractivity contribution in [1.29, 1.82) is 0 Å². The molecule has 0 radical (unpaired) electrons. The van der Waals surface area contributed by atoms with Crippen LogP contribution in [0, 0.1) is 0 Å². The lowest BCUT2D eigenvalue weighted by molar-refractivity contribution is 0.141. The van der Waals surface area contributed by atoms with Gasteiger partial charge in [-0.2, -0.15) is 0 Å². The summed E-state index contributed by atoms with van der Waals surface area (Å²) in [5, 5.41) is 3.81. The maximum atomic E-state index is 12.4. The molecule has 0 atom stereocenters. The van der Waals surface area contributed by atoms with Crippen LogP contribution >= 0.6 is 0 Å². The number of rotatable bonds is 3. The first-order valence-corrected chi connectivity index (χ1v) is 9.03. The van der Waals surface area contributed by atoms with Gasteiger partial charge in [-0.15, -0.1) is 0 Å². The van der Waals surface area contributed by atoms with Crippen LogP contribution in [0.5, 0.6) is 0 Å². The van der Waals surface area contributed by atoms with Crippen LogP contribution in [-0.4, -0.2) is 52.0 Å². The number of hydrogen-bond acceptors (Lipinski definition) is 5. The molecule has 2 heterocycles. The minimum Gasteiger partial charge on any atom is -0.383 e. The molecule has 3 N–H and O–H groups in total. The molecule has 138 valence electrons. The highest BCUT2D eigenvalue weighted by Gasteiger charge is 2.22. The topological polar surface area (TPSA) is 87.4 Å². The number of piperazine rings is 1. The number of nitrogens with one attached hydrogen (secondary N) is 1. The van der Waals surface area contributed by atoms with Gasteiger partial charge in [0.05, 0.1) is 12.1 Å². The number of nitrogens with zero attached hydrogens (tertiary/aromatic N) is 4. The van der Waals surface area contributed by atoms with Crippen molar-refractivity contribution in [1.82, 2.24) is 19.8 Å². The van der Waals surface area contributed by atoms with Crippen molar-refractivity contribution in [2.24, 2.45) is 0 Å². The Morgan fingerprint density at radius 1 is 0.963 bits per heavy atom. The first kappa shape index (κ1) is 17.2. The lowest BCUT2D eigenvalue weighted by Crippen LogP contribution is -2.49. The van der Waals surface area contributed by atoms with Crippen molar-refractivity contribution >= 4 is 28.4 Å². The van der Waals surface area contributed by atoms with Gasteiger partial charge in [-0.25, -0.2) is 14.8 Å². The summed E-state index contributed by atoms with van der Waals surface area (Å²) < 4.78 is 0. The number of fused-ring (bicyclic) bond motifs is 1. The SMILES string of the molecule is Nc1nc(CN2CCN(C(=O)Nc3ccccc3)CC2)nc2ccccc12. The third kappa shape index (κ3) is 3.98. The van der Waals surface area contributed by atoms with Gasteiger partial charge in [0.15, 0.2) is 0 Å². The Balaban J connectivity index is 1.35. The van der Waals surface area contributed by atoms with Gasteiger partial charge in [0.2, 0.25) is 0 Å². The normalized spacial score (nSPS) is 15.0. The van der Waals surface area contributed by atoms with Crippen LogP contribution in [-0.2, 0) is 6.54 Å². The predicted octanol–water partition coefficient (Wildman–Crippen LogP) is 2.56. The Morgan fingerprint density at radius 3 is 2.44 bits per heavy atom. The van der Waals surface area contributed by atoms with Crippen molar-refractivity contribution in [2.75, 3.05) is 37.2 Å². The van der Waals surface area contributed by atoms with Crippen LogP contribution in [0.3, 0.4) is 0 Å². The molecule has 4 rings (SSSR count). The van der Waals surface area contributed by atoms with E-state index in [0.717, 1.165) is 29.7 Å². The summed E-state index contributed by atoms with van der Waals surface area (Å²) in [6.45, 7) is 3.52. The lowest BCUT2D eigenvalue weighted by Gasteiger charge is -2.34. The number of amides is 2. The van der Waals surface area contributed by atoms with Crippen LogP contribution in [0.15, 0.2) is 54.6 Å². The fraction of sp³-hybridized carbons (Fsp3) is 0.250. The largest absolute Gasteiger partial charge is 0.383 e. The summed E-state index contributed by atoms with van der Waals surface area (Å²) in [5.41, 5.74) is 7.74. The maximum absolute atomic E-state index is 12.4. The van der Waals surface area contributed by atoms with E-state index in [1.165, 1.54) is 0 Å². The molecule has 3 aromatic rings. The highest BCUT2D eigenvalue weighted by Crippen LogP contribution is 2.18. The first-order chi connectivity index (χ1) is 13.2. The number of nitrogen functional groups attached to an aromatic ring is 1. The van der Waals surface area contributed by atoms with E-state index >= 15 is 0 Å². The molecule has 0 bridgehead atoms. The van der Waals surface area contributed by atoms with Gasteiger partial charge in [0.1, 0.15) is 11.6 Å². The number of carbonyl (C=O) groups excluding carboxylic acids is 1. The molecule has 2 aromatic carbocycles. The molecule has 0 unspecified atom stereocenters. The Labute approximate surface area is 157 Å². The molecule has 0 saturated carbocycles. The van der Waals surface area contributed by atoms with E-state index in [9.17, 15) is 4.79 Å². The Hall–Kier alpha value is -3.19. The molecule has 7 heteroatoms. The first-order valence-electron chi connectivity index (χ1n) is 9.03. The molecule has 27 heavy (non-hydrogen) atoms. The number of hydrogen-bond donors (Lipinski definition) is 2. The summed E-state index contributed by atoms with van der Waals surface area (Å²) >= 11 is 0. The zero-order chi connectivity index (χ0) is 18.6. The van der Waals surface area contributed by atoms with E-state index in [-0.39, 0.29) is 6.03 Å². The molecule has 7 nitrogen and oxygen atoms in total. The number of nitrogens with two attached hydrogens (primary N) is 1. The van der Waals surface area contributed by atoms with Gasteiger partial charge in [-0.1, -0.05) is 30.3 Å². The minimum atomic E-state index is -0.0629. The van der Waals surface area contributed by atoms with Gasteiger partial charge in [0, 0.05) is 37.3 Å². The summed E-state index contributed by atoms with van der Waals surface area (Å²) in [6, 6.07) is 17.2. The van der Waals surface area contributed by atoms with Crippen molar-refractivity contribution < 1.29 is 4.79 Å². The van der Waals surface area contributed by atoms with Crippen LogP contribution in [0.4, 0.5) is 16.3 Å². The smallest absolute Gasteiger partial charge is 0.321 e. The molecule has 2 amide bonds. The number of anilines is 2. The molecule has 0 spiro atoms. The second-order valence-electron chi connectivity index (χ2n) is 6.60. The molecular weight excluding hydrogens is 340 g/mol. The van der Waals surface area contributed by atoms with E-state index in [2.05, 4.69) is 20.2 Å². The monoisotopic (exact) mass is 362 g/mol. The Morgan fingerprint density at radius 2 is 1.67 bits per heavy atom. The van der Waals surface area contributed by atoms with Gasteiger partial charge in [-0.05, 0) is 24.3 Å². The quantitative estimate of drug-likeness (QED) is 0.748. The average Bonchev–Trinajstić information content (AvgIpc) is 2.69. The second-order valence-corrected chi connectivity index (χ2v) is 6.60. The number of benzene rings is 2. The van der Waals surface area contributed by atoms with E-state index in [0.29, 0.717) is 31.3 Å². The summed E-state index contributed by atoms with van der Waals surface area (Å²) in [6.07, 6.45) is 0. The van der Waals surface area contributed by atoms with E-state index < -0.39 is 0 Å². The zero-order valence-corrected chi connectivity index (χ0v) is 15.0. The zero-order valence-electron chi connectivity index (χ0n) is 15.0. The predicted molar refractivity (Wildman–Crippen MR) is 106 cm³/mol. The van der Waals surface area contributed by atoms with E-state index in [1.54, 1.807) is 0 Å². The second kappa shape index (κ2) is 7.59. The highest BCUT2D eigenvalue weighted by molar-refractivity contribution is 5.89. The van der Waals surface area contributed by atoms with Gasteiger partial charge in [-0.3, -0.25) is 4.90 Å². The summed E-state index contributed by atoms with van der Waals surface area (Å²) in [5.74, 6) is 1.23. The van der Waals surface area contributed by atoms with Crippen LogP contribution in [0.2, 0.25) is 0 Å². The molecule has 1 saturated heterocycles. The Bertz CT molecular complexity index is 938. The molecule has 1 fully saturated rings. The maximum Gasteiger partial charge on any atom is 0.321 e. The van der Waals surface area contributed by atoms with Crippen molar-refractivity contribution in [3.8, 4) is 0 Å². The summed E-state index contributed by atoms with van der Waals surface area (Å²) in [4.78, 5) is 25.5. The summed E-state index contributed by atoms with van der Waals surface area (Å²) in [7, 11) is 0. The average molecular weight is 362 g/mol. The molecule has 1 aliphatic rings. The van der Waals surface area contributed by atoms with Gasteiger partial charge >= 0.3 is 6.03 Å². The van der Waals surface area contributed by atoms with Gasteiger partial charge in [0.25, 0.3) is 0 Å². The van der Waals surface area contributed by atoms with Crippen LogP contribution in [0.25, 0.3) is 10.9 Å². The number of aromatic nitrogens is 2. The third-order valence-corrected chi connectivity index (χ3v) is 4.73. The fourth-order valence-corrected chi connectivity index (χ4v) is 3.25. The number of para-hydroxylation sites is 2. The minimum absolute atomic E-state index is 0.0629. The molecular formula is C20H22N6O. The van der Waals surface area contributed by atoms with Crippen molar-refractivity contribution in [3.05, 3.63) is 60.4 Å². The van der Waals surface area contributed by atoms with E-state index in [1.807, 2.05) is 59.5 Å². The lowest BCUT2D eigenvalue weighted by atomic mass is 10.2. The molecule has 1 aromatic heterocycles. The molecule has 0 aliphatic carbocycles. The van der Waals surface area contributed by atoms with Crippen molar-refractivity contribution in [3.63, 3.8) is 0 Å². The van der Waals surface area contributed by atoms with Gasteiger partial charge < -0.3 is 16.0 Å². The fourth-order valence-electron chi connectivity index (χ4n) is 3.25. The Kier molecular flexibility index (Phi) is 4.84. The number of carbonyl (C=O) groups is 1. The van der Waals surface area contributed by atoms with Crippen molar-refractivity contribution in [2.45, 2.75) is 6.54 Å². The van der Waals surface area contributed by atoms with E-state index in [4.69, 9.17) is 5.73 Å². The van der Waals surface area contributed by atoms with Crippen LogP contribution < -0.4 is 11.1 Å². The molecule has 1 aliphatic heterocycles. The third-order valence-electron chi connectivity index (χ3n) is 4.73.